The van der Waals surface area contributed by atoms with Gasteiger partial charge in [-0.3, -0.25) is 9.78 Å². The first kappa shape index (κ1) is 14.4. The standard InChI is InChI=1S/C20H12N2OS/c23-20-18(17-10-11-21-13-19(17)22-20)12-16-9-8-15(24-16)7-6-14-4-2-1-3-5-14/h1-5,8-13H,(H,22,23). The van der Waals surface area contributed by atoms with Crippen LogP contribution in [0.3, 0.4) is 0 Å². The molecule has 1 aliphatic heterocycles. The summed E-state index contributed by atoms with van der Waals surface area (Å²) in [6.07, 6.45) is 5.26. The second kappa shape index (κ2) is 6.15. The van der Waals surface area contributed by atoms with Gasteiger partial charge in [-0.25, -0.2) is 0 Å². The zero-order chi connectivity index (χ0) is 16.4. The van der Waals surface area contributed by atoms with Crippen LogP contribution in [0.25, 0.3) is 11.6 Å². The molecule has 24 heavy (non-hydrogen) atoms. The highest BCUT2D eigenvalue weighted by molar-refractivity contribution is 7.13. The predicted octanol–water partition coefficient (Wildman–Crippen LogP) is 4.04. The van der Waals surface area contributed by atoms with Crippen LogP contribution < -0.4 is 5.32 Å². The molecular weight excluding hydrogens is 316 g/mol. The quantitative estimate of drug-likeness (QED) is 0.541. The maximum absolute atomic E-state index is 12.1. The summed E-state index contributed by atoms with van der Waals surface area (Å²) in [6.45, 7) is 0. The number of nitrogens with zero attached hydrogens (tertiary/aromatic N) is 1. The lowest BCUT2D eigenvalue weighted by Crippen LogP contribution is -2.03. The van der Waals surface area contributed by atoms with Gasteiger partial charge in [0.05, 0.1) is 22.3 Å². The lowest BCUT2D eigenvalue weighted by Gasteiger charge is -1.95. The fourth-order valence-electron chi connectivity index (χ4n) is 2.48. The fraction of sp³-hybridized carbons (Fsp3) is 0. The molecule has 3 heterocycles. The number of thiophene rings is 1. The first-order valence-electron chi connectivity index (χ1n) is 7.44. The van der Waals surface area contributed by atoms with Crippen molar-refractivity contribution in [1.82, 2.24) is 4.98 Å². The molecule has 4 heteroatoms. The lowest BCUT2D eigenvalue weighted by atomic mass is 10.1. The summed E-state index contributed by atoms with van der Waals surface area (Å²) in [4.78, 5) is 18.1. The number of benzene rings is 1. The molecule has 0 saturated heterocycles. The number of anilines is 1. The molecule has 2 aromatic heterocycles. The number of rotatable bonds is 1. The maximum atomic E-state index is 12.1. The number of hydrogen-bond donors (Lipinski definition) is 1. The molecule has 1 aromatic carbocycles. The molecular formula is C20H12N2OS. The van der Waals surface area contributed by atoms with Crippen molar-refractivity contribution < 1.29 is 4.79 Å². The predicted molar refractivity (Wildman–Crippen MR) is 97.5 cm³/mol. The summed E-state index contributed by atoms with van der Waals surface area (Å²) >= 11 is 1.57. The molecule has 4 rings (SSSR count). The molecule has 1 amide bonds. The number of carbonyl (C=O) groups is 1. The van der Waals surface area contributed by atoms with Gasteiger partial charge in [0.15, 0.2) is 0 Å². The number of aromatic nitrogens is 1. The molecule has 3 aromatic rings. The van der Waals surface area contributed by atoms with Gasteiger partial charge in [-0.1, -0.05) is 30.0 Å². The molecule has 0 bridgehead atoms. The van der Waals surface area contributed by atoms with Crippen LogP contribution in [0.2, 0.25) is 0 Å². The van der Waals surface area contributed by atoms with Crippen molar-refractivity contribution in [2.45, 2.75) is 0 Å². The van der Waals surface area contributed by atoms with Gasteiger partial charge in [0.1, 0.15) is 0 Å². The Balaban J connectivity index is 1.62. The molecule has 0 saturated carbocycles. The molecule has 0 aliphatic carbocycles. The molecule has 1 aliphatic rings. The summed E-state index contributed by atoms with van der Waals surface area (Å²) in [7, 11) is 0. The average Bonchev–Trinajstić information content (AvgIpc) is 3.19. The summed E-state index contributed by atoms with van der Waals surface area (Å²) in [5.41, 5.74) is 3.30. The summed E-state index contributed by atoms with van der Waals surface area (Å²) in [6, 6.07) is 15.7. The highest BCUT2D eigenvalue weighted by Crippen LogP contribution is 2.33. The van der Waals surface area contributed by atoms with E-state index in [1.165, 1.54) is 0 Å². The van der Waals surface area contributed by atoms with Crippen LogP contribution in [0, 0.1) is 11.8 Å². The normalized spacial score (nSPS) is 14.0. The largest absolute Gasteiger partial charge is 0.320 e. The van der Waals surface area contributed by atoms with E-state index in [1.807, 2.05) is 54.6 Å². The fourth-order valence-corrected chi connectivity index (χ4v) is 3.28. The number of carbonyl (C=O) groups excluding carboxylic acids is 1. The Morgan fingerprint density at radius 3 is 2.79 bits per heavy atom. The zero-order valence-electron chi connectivity index (χ0n) is 12.6. The van der Waals surface area contributed by atoms with E-state index in [-0.39, 0.29) is 5.91 Å². The topological polar surface area (TPSA) is 42.0 Å². The Kier molecular flexibility index (Phi) is 3.70. The third-order valence-electron chi connectivity index (χ3n) is 3.62. The van der Waals surface area contributed by atoms with Gasteiger partial charge in [-0.2, -0.15) is 0 Å². The van der Waals surface area contributed by atoms with Crippen molar-refractivity contribution in [2.24, 2.45) is 0 Å². The van der Waals surface area contributed by atoms with Gasteiger partial charge in [-0.05, 0) is 36.4 Å². The Morgan fingerprint density at radius 1 is 1.04 bits per heavy atom. The highest BCUT2D eigenvalue weighted by Gasteiger charge is 2.23. The van der Waals surface area contributed by atoms with Gasteiger partial charge in [-0.15, -0.1) is 11.3 Å². The maximum Gasteiger partial charge on any atom is 0.256 e. The highest BCUT2D eigenvalue weighted by atomic mass is 32.1. The summed E-state index contributed by atoms with van der Waals surface area (Å²) in [5, 5.41) is 2.83. The number of fused-ring (bicyclic) bond motifs is 1. The molecule has 1 N–H and O–H groups in total. The van der Waals surface area contributed by atoms with E-state index in [9.17, 15) is 4.79 Å². The second-order valence-electron chi connectivity index (χ2n) is 5.25. The number of nitrogens with one attached hydrogen (secondary N) is 1. The van der Waals surface area contributed by atoms with Crippen molar-refractivity contribution in [3.8, 4) is 11.8 Å². The minimum absolute atomic E-state index is 0.0941. The monoisotopic (exact) mass is 328 g/mol. The lowest BCUT2D eigenvalue weighted by molar-refractivity contribution is -0.110. The first-order valence-corrected chi connectivity index (χ1v) is 8.25. The van der Waals surface area contributed by atoms with Crippen LogP contribution in [0.1, 0.15) is 20.9 Å². The first-order chi connectivity index (χ1) is 11.8. The van der Waals surface area contributed by atoms with E-state index in [0.29, 0.717) is 5.57 Å². The smallest absolute Gasteiger partial charge is 0.256 e. The van der Waals surface area contributed by atoms with E-state index in [0.717, 1.165) is 26.6 Å². The molecule has 0 unspecified atom stereocenters. The van der Waals surface area contributed by atoms with Gasteiger partial charge >= 0.3 is 0 Å². The zero-order valence-corrected chi connectivity index (χ0v) is 13.4. The minimum Gasteiger partial charge on any atom is -0.320 e. The van der Waals surface area contributed by atoms with Crippen LogP contribution in [0.15, 0.2) is 60.9 Å². The van der Waals surface area contributed by atoms with Crippen LogP contribution in [0.4, 0.5) is 5.69 Å². The number of hydrogen-bond acceptors (Lipinski definition) is 3. The van der Waals surface area contributed by atoms with E-state index in [4.69, 9.17) is 0 Å². The van der Waals surface area contributed by atoms with E-state index in [2.05, 4.69) is 22.1 Å². The number of amides is 1. The van der Waals surface area contributed by atoms with Crippen molar-refractivity contribution in [3.63, 3.8) is 0 Å². The van der Waals surface area contributed by atoms with Gasteiger partial charge in [0, 0.05) is 22.2 Å². The third kappa shape index (κ3) is 2.85. The van der Waals surface area contributed by atoms with Crippen molar-refractivity contribution >= 4 is 34.6 Å². The Bertz CT molecular complexity index is 1010. The molecule has 3 nitrogen and oxygen atoms in total. The average molecular weight is 328 g/mol. The van der Waals surface area contributed by atoms with Crippen molar-refractivity contribution in [3.05, 3.63) is 81.8 Å². The molecule has 0 fully saturated rings. The SMILES string of the molecule is O=C1Nc2cnccc2C1=Cc1ccc(C#Cc2ccccc2)s1. The minimum atomic E-state index is -0.0941. The third-order valence-corrected chi connectivity index (χ3v) is 4.57. The molecule has 0 spiro atoms. The van der Waals surface area contributed by atoms with Crippen molar-refractivity contribution in [2.75, 3.05) is 5.32 Å². The second-order valence-corrected chi connectivity index (χ2v) is 6.37. The van der Waals surface area contributed by atoms with Gasteiger partial charge < -0.3 is 5.32 Å². The van der Waals surface area contributed by atoms with Crippen LogP contribution in [0.5, 0.6) is 0 Å². The summed E-state index contributed by atoms with van der Waals surface area (Å²) in [5.74, 6) is 6.22. The molecule has 114 valence electrons. The van der Waals surface area contributed by atoms with Crippen LogP contribution in [-0.2, 0) is 4.79 Å². The van der Waals surface area contributed by atoms with Crippen LogP contribution >= 0.6 is 11.3 Å². The Hall–Kier alpha value is -3.16. The van der Waals surface area contributed by atoms with Crippen molar-refractivity contribution in [1.29, 1.82) is 0 Å². The van der Waals surface area contributed by atoms with E-state index < -0.39 is 0 Å². The Labute approximate surface area is 143 Å². The summed E-state index contributed by atoms with van der Waals surface area (Å²) < 4.78 is 0. The Morgan fingerprint density at radius 2 is 1.92 bits per heavy atom. The van der Waals surface area contributed by atoms with Gasteiger partial charge in [0.2, 0.25) is 0 Å². The van der Waals surface area contributed by atoms with Crippen LogP contribution in [-0.4, -0.2) is 10.9 Å². The molecule has 0 atom stereocenters. The molecule has 0 radical (unpaired) electrons. The van der Waals surface area contributed by atoms with E-state index >= 15 is 0 Å². The van der Waals surface area contributed by atoms with Gasteiger partial charge in [0.25, 0.3) is 5.91 Å². The number of pyridine rings is 1. The van der Waals surface area contributed by atoms with E-state index in [1.54, 1.807) is 23.7 Å².